The minimum absolute atomic E-state index is 0.187. The Morgan fingerprint density at radius 3 is 2.49 bits per heavy atom. The number of nitrogens with zero attached hydrogens (tertiary/aromatic N) is 3. The lowest BCUT2D eigenvalue weighted by atomic mass is 9.93. The fourth-order valence-electron chi connectivity index (χ4n) is 5.43. The maximum atomic E-state index is 14.3. The quantitative estimate of drug-likeness (QED) is 0.191. The molecule has 3 heterocycles. The van der Waals surface area contributed by atoms with E-state index >= 15 is 0 Å². The third-order valence-corrected chi connectivity index (χ3v) is 8.23. The number of para-hydroxylation sites is 1. The van der Waals surface area contributed by atoms with Crippen LogP contribution in [0.5, 0.6) is 5.75 Å². The molecule has 0 fully saturated rings. The molecule has 8 heteroatoms. The summed E-state index contributed by atoms with van der Waals surface area (Å²) in [5.41, 5.74) is 3.91. The molecular weight excluding hydrogens is 558 g/mol. The molecule has 0 unspecified atom stereocenters. The van der Waals surface area contributed by atoms with E-state index < -0.39 is 12.0 Å². The highest BCUT2D eigenvalue weighted by molar-refractivity contribution is 7.07. The Bertz CT molecular complexity index is 2080. The molecule has 43 heavy (non-hydrogen) atoms. The van der Waals surface area contributed by atoms with Crippen LogP contribution in [0, 0.1) is 12.3 Å². The van der Waals surface area contributed by atoms with Crippen LogP contribution in [0.3, 0.4) is 0 Å². The van der Waals surface area contributed by atoms with Crippen LogP contribution < -0.4 is 19.6 Å². The van der Waals surface area contributed by atoms with Gasteiger partial charge in [0.15, 0.2) is 4.80 Å². The van der Waals surface area contributed by atoms with Gasteiger partial charge in [-0.15, -0.1) is 6.42 Å². The van der Waals surface area contributed by atoms with Crippen LogP contribution >= 0.6 is 11.3 Å². The first-order chi connectivity index (χ1) is 21.0. The van der Waals surface area contributed by atoms with E-state index in [2.05, 4.69) is 5.92 Å². The van der Waals surface area contributed by atoms with Gasteiger partial charge in [-0.25, -0.2) is 9.79 Å². The van der Waals surface area contributed by atoms with Crippen molar-refractivity contribution in [3.63, 3.8) is 0 Å². The van der Waals surface area contributed by atoms with E-state index in [-0.39, 0.29) is 12.2 Å². The molecule has 0 aliphatic carbocycles. The number of esters is 1. The topological polar surface area (TPSA) is 74.8 Å². The van der Waals surface area contributed by atoms with Gasteiger partial charge in [0.2, 0.25) is 0 Å². The van der Waals surface area contributed by atoms with Gasteiger partial charge >= 0.3 is 5.97 Å². The highest BCUT2D eigenvalue weighted by Crippen LogP contribution is 2.35. The number of carbonyl (C=O) groups is 1. The summed E-state index contributed by atoms with van der Waals surface area (Å²) in [7, 11) is 0. The third-order valence-electron chi connectivity index (χ3n) is 7.25. The molecule has 0 spiro atoms. The molecule has 5 aromatic rings. The summed E-state index contributed by atoms with van der Waals surface area (Å²) in [5, 5.41) is 0.990. The minimum Gasteiger partial charge on any atom is -0.494 e. The molecule has 0 bridgehead atoms. The van der Waals surface area contributed by atoms with E-state index in [0.717, 1.165) is 27.6 Å². The number of hydrogen-bond acceptors (Lipinski definition) is 6. The molecule has 0 amide bonds. The van der Waals surface area contributed by atoms with Gasteiger partial charge in [-0.05, 0) is 43.7 Å². The van der Waals surface area contributed by atoms with Crippen LogP contribution in [0.25, 0.3) is 22.7 Å². The molecule has 214 valence electrons. The maximum absolute atomic E-state index is 14.3. The fourth-order valence-corrected chi connectivity index (χ4v) is 6.42. The molecule has 6 rings (SSSR count). The summed E-state index contributed by atoms with van der Waals surface area (Å²) >= 11 is 1.29. The van der Waals surface area contributed by atoms with Crippen molar-refractivity contribution in [2.75, 3.05) is 13.2 Å². The van der Waals surface area contributed by atoms with Gasteiger partial charge in [0, 0.05) is 28.2 Å². The second kappa shape index (κ2) is 12.0. The normalized spacial score (nSPS) is 14.7. The van der Waals surface area contributed by atoms with Crippen molar-refractivity contribution in [3.05, 3.63) is 127 Å². The van der Waals surface area contributed by atoms with Crippen molar-refractivity contribution in [3.8, 4) is 18.1 Å². The Labute approximate surface area is 252 Å². The number of fused-ring (bicyclic) bond motifs is 2. The molecule has 0 saturated carbocycles. The van der Waals surface area contributed by atoms with E-state index in [0.29, 0.717) is 39.5 Å². The van der Waals surface area contributed by atoms with Crippen LogP contribution in [0.1, 0.15) is 36.6 Å². The van der Waals surface area contributed by atoms with Crippen molar-refractivity contribution < 1.29 is 14.3 Å². The molecule has 0 saturated heterocycles. The second-order valence-corrected chi connectivity index (χ2v) is 10.9. The zero-order chi connectivity index (χ0) is 29.9. The van der Waals surface area contributed by atoms with Gasteiger partial charge < -0.3 is 14.0 Å². The molecule has 1 aliphatic heterocycles. The lowest BCUT2D eigenvalue weighted by molar-refractivity contribution is -0.138. The first kappa shape index (κ1) is 28.0. The van der Waals surface area contributed by atoms with Gasteiger partial charge in [-0.2, -0.15) is 0 Å². The molecule has 0 N–H and O–H groups in total. The Balaban J connectivity index is 1.62. The molecular formula is C35H29N3O4S. The molecule has 0 radical (unpaired) electrons. The SMILES string of the molecule is C#CCn1cc(/C=c2\sc3n(c2=O)[C@H](c2ccc(OCC)cc2)C(C(=O)OCC)=C(c2ccccc2)N=3)c2ccccc21. The van der Waals surface area contributed by atoms with E-state index in [1.54, 1.807) is 11.5 Å². The van der Waals surface area contributed by atoms with Crippen molar-refractivity contribution in [2.24, 2.45) is 4.99 Å². The molecule has 1 atom stereocenters. The number of rotatable bonds is 8. The Morgan fingerprint density at radius 1 is 1.02 bits per heavy atom. The predicted octanol–water partition coefficient (Wildman–Crippen LogP) is 4.92. The number of terminal acetylenes is 1. The standard InChI is InChI=1S/C35H29N3O4S/c1-4-20-37-22-25(27-14-10-11-15-28(27)37)21-29-33(39)38-32(24-16-18-26(19-17-24)41-5-2)30(34(40)42-6-3)31(36-35(38)43-29)23-12-8-7-9-13-23/h1,7-19,21-22,32H,5-6,20H2,2-3H3/b29-21-/t32-/m1/s1. The third kappa shape index (κ3) is 5.20. The number of aromatic nitrogens is 2. The first-order valence-corrected chi connectivity index (χ1v) is 14.9. The summed E-state index contributed by atoms with van der Waals surface area (Å²) in [6.07, 6.45) is 9.47. The van der Waals surface area contributed by atoms with Crippen molar-refractivity contribution in [1.82, 2.24) is 9.13 Å². The van der Waals surface area contributed by atoms with Gasteiger partial charge in [0.1, 0.15) is 5.75 Å². The van der Waals surface area contributed by atoms with Crippen molar-refractivity contribution in [1.29, 1.82) is 0 Å². The Kier molecular flexibility index (Phi) is 7.82. The zero-order valence-electron chi connectivity index (χ0n) is 23.8. The summed E-state index contributed by atoms with van der Waals surface area (Å²) in [6.45, 7) is 4.81. The summed E-state index contributed by atoms with van der Waals surface area (Å²) < 4.78 is 15.3. The van der Waals surface area contributed by atoms with Gasteiger partial charge in [-0.3, -0.25) is 9.36 Å². The van der Waals surface area contributed by atoms with Gasteiger partial charge in [0.25, 0.3) is 5.56 Å². The lowest BCUT2D eigenvalue weighted by Gasteiger charge is -2.26. The summed E-state index contributed by atoms with van der Waals surface area (Å²) in [4.78, 5) is 33.3. The number of hydrogen-bond donors (Lipinski definition) is 0. The highest BCUT2D eigenvalue weighted by Gasteiger charge is 2.35. The predicted molar refractivity (Wildman–Crippen MR) is 169 cm³/mol. The van der Waals surface area contributed by atoms with Crippen molar-refractivity contribution in [2.45, 2.75) is 26.4 Å². The Morgan fingerprint density at radius 2 is 1.77 bits per heavy atom. The maximum Gasteiger partial charge on any atom is 0.338 e. The van der Waals surface area contributed by atoms with Crippen LogP contribution in [0.15, 0.2) is 100 Å². The average Bonchev–Trinajstić information content (AvgIpc) is 3.54. The summed E-state index contributed by atoms with van der Waals surface area (Å²) in [5.74, 6) is 2.88. The lowest BCUT2D eigenvalue weighted by Crippen LogP contribution is -2.40. The van der Waals surface area contributed by atoms with Crippen LogP contribution in [0.2, 0.25) is 0 Å². The monoisotopic (exact) mass is 587 g/mol. The van der Waals surface area contributed by atoms with Gasteiger partial charge in [0.05, 0.1) is 41.6 Å². The number of ether oxygens (including phenoxy) is 2. The number of thiazole rings is 1. The van der Waals surface area contributed by atoms with E-state index in [1.165, 1.54) is 11.3 Å². The smallest absolute Gasteiger partial charge is 0.338 e. The Hall–Kier alpha value is -5.13. The fraction of sp³-hybridized carbons (Fsp3) is 0.171. The molecule has 3 aromatic carbocycles. The molecule has 2 aromatic heterocycles. The van der Waals surface area contributed by atoms with Crippen LogP contribution in [-0.2, 0) is 16.1 Å². The molecule has 7 nitrogen and oxygen atoms in total. The van der Waals surface area contributed by atoms with Crippen molar-refractivity contribution >= 4 is 40.0 Å². The summed E-state index contributed by atoms with van der Waals surface area (Å²) in [6, 6.07) is 24.2. The second-order valence-electron chi connectivity index (χ2n) is 9.87. The highest BCUT2D eigenvalue weighted by atomic mass is 32.1. The van der Waals surface area contributed by atoms with Crippen LogP contribution in [-0.4, -0.2) is 28.3 Å². The van der Waals surface area contributed by atoms with E-state index in [4.69, 9.17) is 20.9 Å². The average molecular weight is 588 g/mol. The number of benzene rings is 3. The number of carbonyl (C=O) groups excluding carboxylic acids is 1. The van der Waals surface area contributed by atoms with Crippen LogP contribution in [0.4, 0.5) is 0 Å². The zero-order valence-corrected chi connectivity index (χ0v) is 24.6. The van der Waals surface area contributed by atoms with Gasteiger partial charge in [-0.1, -0.05) is 77.9 Å². The largest absolute Gasteiger partial charge is 0.494 e. The molecule has 1 aliphatic rings. The van der Waals surface area contributed by atoms with E-state index in [9.17, 15) is 9.59 Å². The van der Waals surface area contributed by atoms with E-state index in [1.807, 2.05) is 103 Å². The minimum atomic E-state index is -0.758. The first-order valence-electron chi connectivity index (χ1n) is 14.1.